The van der Waals surface area contributed by atoms with Crippen LogP contribution in [0.4, 0.5) is 0 Å². The van der Waals surface area contributed by atoms with Crippen LogP contribution in [0.2, 0.25) is 0 Å². The summed E-state index contributed by atoms with van der Waals surface area (Å²) in [6.07, 6.45) is 4.92. The second kappa shape index (κ2) is 8.19. The molecule has 4 rings (SSSR count). The Bertz CT molecular complexity index is 1020. The van der Waals surface area contributed by atoms with Crippen LogP contribution < -0.4 is 5.63 Å². The highest BCUT2D eigenvalue weighted by atomic mass is 16.4. The second-order valence-corrected chi connectivity index (χ2v) is 7.74. The first kappa shape index (κ1) is 18.8. The van der Waals surface area contributed by atoms with Crippen molar-refractivity contribution in [2.75, 3.05) is 6.54 Å². The van der Waals surface area contributed by atoms with Crippen molar-refractivity contribution in [1.82, 2.24) is 4.90 Å². The normalized spacial score (nSPS) is 14.3. The van der Waals surface area contributed by atoms with Crippen LogP contribution in [0.15, 0.2) is 51.7 Å². The number of phenolic OH excluding ortho intramolecular Hbond substituents is 1. The van der Waals surface area contributed by atoms with Gasteiger partial charge in [-0.3, -0.25) is 4.90 Å². The Balaban J connectivity index is 1.68. The van der Waals surface area contributed by atoms with Crippen LogP contribution in [-0.2, 0) is 25.9 Å². The lowest BCUT2D eigenvalue weighted by molar-refractivity contribution is 0.243. The van der Waals surface area contributed by atoms with Crippen LogP contribution in [0.3, 0.4) is 0 Å². The molecule has 3 aromatic rings. The standard InChI is InChI=1S/C24H27NO3/c1-2-3-5-10-18-13-21(26)23-20-16-25(15-17-8-6-4-7-9-17)12-11-19(20)24(27)28-22(23)14-18/h4,6-9,13-14,26H,2-3,5,10-12,15-16H2,1H3. The maximum atomic E-state index is 12.6. The Labute approximate surface area is 165 Å². The van der Waals surface area contributed by atoms with Crippen molar-refractivity contribution >= 4 is 11.0 Å². The molecule has 1 aliphatic rings. The van der Waals surface area contributed by atoms with Gasteiger partial charge in [-0.15, -0.1) is 0 Å². The predicted octanol–water partition coefficient (Wildman–Crippen LogP) is 4.79. The van der Waals surface area contributed by atoms with Gasteiger partial charge in [-0.1, -0.05) is 50.1 Å². The van der Waals surface area contributed by atoms with Gasteiger partial charge in [-0.25, -0.2) is 4.79 Å². The number of phenols is 1. The third-order valence-electron chi connectivity index (χ3n) is 5.63. The molecule has 0 bridgehead atoms. The van der Waals surface area contributed by atoms with E-state index in [1.165, 1.54) is 5.56 Å². The van der Waals surface area contributed by atoms with E-state index in [2.05, 4.69) is 24.0 Å². The SMILES string of the molecule is CCCCCc1cc(O)c2c3c(c(=O)oc2c1)CCN(Cc1ccccc1)C3. The van der Waals surface area contributed by atoms with E-state index >= 15 is 0 Å². The van der Waals surface area contributed by atoms with Gasteiger partial charge in [0.05, 0.1) is 5.39 Å². The Morgan fingerprint density at radius 1 is 1.07 bits per heavy atom. The van der Waals surface area contributed by atoms with Crippen molar-refractivity contribution < 1.29 is 9.52 Å². The molecule has 0 fully saturated rings. The summed E-state index contributed by atoms with van der Waals surface area (Å²) in [5.74, 6) is 0.227. The van der Waals surface area contributed by atoms with Crippen molar-refractivity contribution in [2.24, 2.45) is 0 Å². The molecular formula is C24H27NO3. The molecule has 1 aliphatic heterocycles. The lowest BCUT2D eigenvalue weighted by Crippen LogP contribution is -2.33. The third-order valence-corrected chi connectivity index (χ3v) is 5.63. The minimum atomic E-state index is -0.257. The minimum absolute atomic E-state index is 0.227. The molecule has 0 atom stereocenters. The highest BCUT2D eigenvalue weighted by Gasteiger charge is 2.24. The molecule has 28 heavy (non-hydrogen) atoms. The summed E-state index contributed by atoms with van der Waals surface area (Å²) in [4.78, 5) is 14.9. The fourth-order valence-corrected chi connectivity index (χ4v) is 4.18. The monoisotopic (exact) mass is 377 g/mol. The highest BCUT2D eigenvalue weighted by Crippen LogP contribution is 2.34. The molecule has 0 amide bonds. The smallest absolute Gasteiger partial charge is 0.339 e. The molecule has 0 saturated carbocycles. The minimum Gasteiger partial charge on any atom is -0.507 e. The fourth-order valence-electron chi connectivity index (χ4n) is 4.18. The van der Waals surface area contributed by atoms with E-state index in [-0.39, 0.29) is 11.4 Å². The predicted molar refractivity (Wildman–Crippen MR) is 112 cm³/mol. The Morgan fingerprint density at radius 3 is 2.68 bits per heavy atom. The molecule has 2 heterocycles. The summed E-state index contributed by atoms with van der Waals surface area (Å²) in [7, 11) is 0. The Kier molecular flexibility index (Phi) is 5.49. The molecule has 2 aromatic carbocycles. The summed E-state index contributed by atoms with van der Waals surface area (Å²) in [5, 5.41) is 11.5. The van der Waals surface area contributed by atoms with Gasteiger partial charge in [0.25, 0.3) is 0 Å². The zero-order valence-corrected chi connectivity index (χ0v) is 16.4. The number of unbranched alkanes of at least 4 members (excludes halogenated alkanes) is 2. The molecule has 4 heteroatoms. The largest absolute Gasteiger partial charge is 0.507 e. The zero-order valence-electron chi connectivity index (χ0n) is 16.4. The molecule has 1 aromatic heterocycles. The quantitative estimate of drug-likeness (QED) is 0.496. The van der Waals surface area contributed by atoms with Crippen molar-refractivity contribution in [1.29, 1.82) is 0 Å². The van der Waals surface area contributed by atoms with Gasteiger partial charge in [0.1, 0.15) is 11.3 Å². The number of aryl methyl sites for hydroxylation is 1. The summed E-state index contributed by atoms with van der Waals surface area (Å²) in [5.41, 5.74) is 4.17. The average Bonchev–Trinajstić information content (AvgIpc) is 2.68. The van der Waals surface area contributed by atoms with Gasteiger partial charge in [-0.05, 0) is 48.1 Å². The number of fused-ring (bicyclic) bond motifs is 3. The number of benzene rings is 2. The van der Waals surface area contributed by atoms with Crippen LogP contribution >= 0.6 is 0 Å². The number of nitrogens with zero attached hydrogens (tertiary/aromatic N) is 1. The lowest BCUT2D eigenvalue weighted by Gasteiger charge is -2.29. The van der Waals surface area contributed by atoms with Crippen molar-refractivity contribution in [3.8, 4) is 5.75 Å². The van der Waals surface area contributed by atoms with E-state index in [9.17, 15) is 9.90 Å². The number of hydrogen-bond acceptors (Lipinski definition) is 4. The van der Waals surface area contributed by atoms with Crippen molar-refractivity contribution in [3.63, 3.8) is 0 Å². The second-order valence-electron chi connectivity index (χ2n) is 7.74. The van der Waals surface area contributed by atoms with Crippen LogP contribution in [0, 0.1) is 0 Å². The summed E-state index contributed by atoms with van der Waals surface area (Å²) < 4.78 is 5.61. The third kappa shape index (κ3) is 3.83. The lowest BCUT2D eigenvalue weighted by atomic mass is 9.95. The van der Waals surface area contributed by atoms with Gasteiger partial charge in [0.15, 0.2) is 0 Å². The summed E-state index contributed by atoms with van der Waals surface area (Å²) in [6, 6.07) is 14.1. The van der Waals surface area contributed by atoms with Gasteiger partial charge < -0.3 is 9.52 Å². The maximum Gasteiger partial charge on any atom is 0.339 e. The van der Waals surface area contributed by atoms with E-state index in [0.29, 0.717) is 29.5 Å². The molecule has 0 spiro atoms. The molecule has 0 aliphatic carbocycles. The van der Waals surface area contributed by atoms with Gasteiger partial charge in [-0.2, -0.15) is 0 Å². The molecule has 4 nitrogen and oxygen atoms in total. The van der Waals surface area contributed by atoms with Crippen LogP contribution in [-0.4, -0.2) is 16.6 Å². The van der Waals surface area contributed by atoms with Crippen LogP contribution in [0.1, 0.15) is 48.4 Å². The Morgan fingerprint density at radius 2 is 1.89 bits per heavy atom. The molecule has 146 valence electrons. The van der Waals surface area contributed by atoms with Gasteiger partial charge in [0.2, 0.25) is 0 Å². The van der Waals surface area contributed by atoms with E-state index in [0.717, 1.165) is 49.9 Å². The number of rotatable bonds is 6. The van der Waals surface area contributed by atoms with E-state index in [1.54, 1.807) is 0 Å². The maximum absolute atomic E-state index is 12.6. The van der Waals surface area contributed by atoms with Crippen molar-refractivity contribution in [2.45, 2.75) is 52.1 Å². The zero-order chi connectivity index (χ0) is 19.5. The summed E-state index contributed by atoms with van der Waals surface area (Å²) in [6.45, 7) is 4.46. The van der Waals surface area contributed by atoms with Crippen LogP contribution in [0.25, 0.3) is 11.0 Å². The van der Waals surface area contributed by atoms with Crippen LogP contribution in [0.5, 0.6) is 5.75 Å². The molecule has 0 radical (unpaired) electrons. The van der Waals surface area contributed by atoms with Crippen molar-refractivity contribution in [3.05, 3.63) is 75.1 Å². The first-order valence-corrected chi connectivity index (χ1v) is 10.2. The van der Waals surface area contributed by atoms with Gasteiger partial charge >= 0.3 is 5.63 Å². The molecule has 0 saturated heterocycles. The summed E-state index contributed by atoms with van der Waals surface area (Å²) >= 11 is 0. The fraction of sp³-hybridized carbons (Fsp3) is 0.375. The van der Waals surface area contributed by atoms with E-state index in [4.69, 9.17) is 4.42 Å². The highest BCUT2D eigenvalue weighted by molar-refractivity contribution is 5.88. The topological polar surface area (TPSA) is 53.7 Å². The first-order chi connectivity index (χ1) is 13.7. The first-order valence-electron chi connectivity index (χ1n) is 10.2. The van der Waals surface area contributed by atoms with E-state index in [1.807, 2.05) is 30.3 Å². The molecular weight excluding hydrogens is 350 g/mol. The number of hydrogen-bond donors (Lipinski definition) is 1. The number of aromatic hydroxyl groups is 1. The van der Waals surface area contributed by atoms with E-state index < -0.39 is 0 Å². The van der Waals surface area contributed by atoms with Gasteiger partial charge in [0, 0.05) is 25.2 Å². The molecule has 1 N–H and O–H groups in total. The molecule has 0 unspecified atom stereocenters. The Hall–Kier alpha value is -2.59. The average molecular weight is 377 g/mol.